The molecule has 0 aliphatic rings. The first kappa shape index (κ1) is 26.3. The number of nitrogens with zero attached hydrogens (tertiary/aromatic N) is 2. The standard InChI is InChI=1S/C24H32FN3O4S/c1-6-18(3)26-24(30)19(4)27(15-20-13-11-17(2)12-14-20)23(29)16-28(33(5,31)32)22-10-8-7-9-21(22)25/h7-14,18-19H,6,15-16H2,1-5H3,(H,26,30). The van der Waals surface area contributed by atoms with Gasteiger partial charge in [-0.05, 0) is 44.9 Å². The molecule has 0 saturated carbocycles. The Morgan fingerprint density at radius 1 is 1.06 bits per heavy atom. The van der Waals surface area contributed by atoms with E-state index in [9.17, 15) is 22.4 Å². The van der Waals surface area contributed by atoms with Crippen LogP contribution in [0.3, 0.4) is 0 Å². The molecule has 0 bridgehead atoms. The normalized spacial score (nSPS) is 13.2. The molecule has 7 nitrogen and oxygen atoms in total. The minimum atomic E-state index is -3.97. The number of nitrogens with one attached hydrogen (secondary N) is 1. The first-order valence-corrected chi connectivity index (χ1v) is 12.7. The van der Waals surface area contributed by atoms with Gasteiger partial charge in [-0.1, -0.05) is 48.9 Å². The molecule has 0 spiro atoms. The highest BCUT2D eigenvalue weighted by Crippen LogP contribution is 2.22. The Morgan fingerprint density at radius 2 is 1.67 bits per heavy atom. The van der Waals surface area contributed by atoms with Crippen molar-refractivity contribution in [1.29, 1.82) is 0 Å². The van der Waals surface area contributed by atoms with Crippen molar-refractivity contribution >= 4 is 27.5 Å². The predicted octanol–water partition coefficient (Wildman–Crippen LogP) is 3.23. The lowest BCUT2D eigenvalue weighted by molar-refractivity contribution is -0.139. The summed E-state index contributed by atoms with van der Waals surface area (Å²) in [4.78, 5) is 27.5. The Balaban J connectivity index is 2.39. The van der Waals surface area contributed by atoms with E-state index in [0.717, 1.165) is 34.2 Å². The zero-order chi connectivity index (χ0) is 24.8. The van der Waals surface area contributed by atoms with Gasteiger partial charge in [-0.3, -0.25) is 13.9 Å². The third-order valence-electron chi connectivity index (χ3n) is 5.44. The number of para-hydroxylation sites is 1. The van der Waals surface area contributed by atoms with Crippen LogP contribution in [-0.4, -0.2) is 50.0 Å². The number of aryl methyl sites for hydroxylation is 1. The molecule has 0 aliphatic carbocycles. The van der Waals surface area contributed by atoms with Gasteiger partial charge in [0.05, 0.1) is 11.9 Å². The topological polar surface area (TPSA) is 86.8 Å². The van der Waals surface area contributed by atoms with Gasteiger partial charge < -0.3 is 10.2 Å². The lowest BCUT2D eigenvalue weighted by Crippen LogP contribution is -2.52. The van der Waals surface area contributed by atoms with E-state index in [4.69, 9.17) is 0 Å². The van der Waals surface area contributed by atoms with Gasteiger partial charge in [0.1, 0.15) is 18.4 Å². The number of hydrogen-bond acceptors (Lipinski definition) is 4. The van der Waals surface area contributed by atoms with E-state index in [1.54, 1.807) is 6.92 Å². The molecule has 0 aromatic heterocycles. The average molecular weight is 478 g/mol. The molecule has 2 amide bonds. The zero-order valence-electron chi connectivity index (χ0n) is 19.7. The summed E-state index contributed by atoms with van der Waals surface area (Å²) in [5, 5.41) is 2.86. The van der Waals surface area contributed by atoms with E-state index in [1.807, 2.05) is 45.0 Å². The van der Waals surface area contributed by atoms with Crippen molar-refractivity contribution in [2.24, 2.45) is 0 Å². The van der Waals surface area contributed by atoms with Crippen LogP contribution < -0.4 is 9.62 Å². The molecule has 2 atom stereocenters. The highest BCUT2D eigenvalue weighted by Gasteiger charge is 2.31. The van der Waals surface area contributed by atoms with Crippen molar-refractivity contribution in [2.75, 3.05) is 17.1 Å². The number of carbonyl (C=O) groups excluding carboxylic acids is 2. The zero-order valence-corrected chi connectivity index (χ0v) is 20.5. The maximum atomic E-state index is 14.4. The molecule has 0 radical (unpaired) electrons. The summed E-state index contributed by atoms with van der Waals surface area (Å²) in [6, 6.07) is 11.9. The molecule has 0 heterocycles. The summed E-state index contributed by atoms with van der Waals surface area (Å²) >= 11 is 0. The average Bonchev–Trinajstić information content (AvgIpc) is 2.76. The number of benzene rings is 2. The monoisotopic (exact) mass is 477 g/mol. The Labute approximate surface area is 195 Å². The fourth-order valence-corrected chi connectivity index (χ4v) is 4.04. The first-order chi connectivity index (χ1) is 15.4. The van der Waals surface area contributed by atoms with Gasteiger partial charge in [-0.2, -0.15) is 0 Å². The van der Waals surface area contributed by atoms with Gasteiger partial charge in [-0.25, -0.2) is 12.8 Å². The van der Waals surface area contributed by atoms with Crippen molar-refractivity contribution < 1.29 is 22.4 Å². The molecule has 0 fully saturated rings. The second-order valence-corrected chi connectivity index (χ2v) is 10.1. The minimum Gasteiger partial charge on any atom is -0.352 e. The van der Waals surface area contributed by atoms with Crippen LogP contribution in [0.1, 0.15) is 38.3 Å². The smallest absolute Gasteiger partial charge is 0.244 e. The molecule has 2 rings (SSSR count). The molecule has 0 saturated heterocycles. The van der Waals surface area contributed by atoms with Crippen molar-refractivity contribution in [3.63, 3.8) is 0 Å². The molecular formula is C24H32FN3O4S. The van der Waals surface area contributed by atoms with Gasteiger partial charge in [0.25, 0.3) is 0 Å². The van der Waals surface area contributed by atoms with Crippen molar-refractivity contribution in [3.8, 4) is 0 Å². The molecule has 2 aromatic carbocycles. The number of amides is 2. The van der Waals surface area contributed by atoms with Gasteiger partial charge >= 0.3 is 0 Å². The van der Waals surface area contributed by atoms with Gasteiger partial charge in [0.15, 0.2) is 0 Å². The quantitative estimate of drug-likeness (QED) is 0.569. The van der Waals surface area contributed by atoms with E-state index in [2.05, 4.69) is 5.32 Å². The highest BCUT2D eigenvalue weighted by molar-refractivity contribution is 7.92. The number of carbonyl (C=O) groups is 2. The predicted molar refractivity (Wildman–Crippen MR) is 128 cm³/mol. The minimum absolute atomic E-state index is 0.0813. The second kappa shape index (κ2) is 11.3. The number of hydrogen-bond donors (Lipinski definition) is 1. The molecule has 2 aromatic rings. The first-order valence-electron chi connectivity index (χ1n) is 10.8. The van der Waals surface area contributed by atoms with Gasteiger partial charge in [0.2, 0.25) is 21.8 Å². The Morgan fingerprint density at radius 3 is 2.21 bits per heavy atom. The van der Waals surface area contributed by atoms with Crippen LogP contribution in [0, 0.1) is 12.7 Å². The van der Waals surface area contributed by atoms with Crippen molar-refractivity contribution in [1.82, 2.24) is 10.2 Å². The lowest BCUT2D eigenvalue weighted by Gasteiger charge is -2.32. The number of rotatable bonds is 10. The summed E-state index contributed by atoms with van der Waals surface area (Å²) in [5.74, 6) is -1.72. The number of halogens is 1. The van der Waals surface area contributed by atoms with Crippen LogP contribution in [0.25, 0.3) is 0 Å². The van der Waals surface area contributed by atoms with E-state index in [1.165, 1.54) is 23.1 Å². The summed E-state index contributed by atoms with van der Waals surface area (Å²) in [6.45, 7) is 6.80. The fourth-order valence-electron chi connectivity index (χ4n) is 3.19. The van der Waals surface area contributed by atoms with E-state index >= 15 is 0 Å². The molecule has 0 aliphatic heterocycles. The molecule has 33 heavy (non-hydrogen) atoms. The summed E-state index contributed by atoms with van der Waals surface area (Å²) in [5.41, 5.74) is 1.61. The van der Waals surface area contributed by atoms with Gasteiger partial charge in [-0.15, -0.1) is 0 Å². The third-order valence-corrected chi connectivity index (χ3v) is 6.57. The third kappa shape index (κ3) is 7.28. The Hall–Kier alpha value is -2.94. The molecule has 180 valence electrons. The van der Waals surface area contributed by atoms with E-state index in [0.29, 0.717) is 0 Å². The maximum absolute atomic E-state index is 14.4. The molecule has 1 N–H and O–H groups in total. The Bertz CT molecular complexity index is 1070. The molecule has 9 heteroatoms. The fraction of sp³-hybridized carbons (Fsp3) is 0.417. The van der Waals surface area contributed by atoms with E-state index in [-0.39, 0.29) is 24.2 Å². The van der Waals surface area contributed by atoms with Crippen LogP contribution in [0.5, 0.6) is 0 Å². The van der Waals surface area contributed by atoms with Crippen LogP contribution in [0.2, 0.25) is 0 Å². The second-order valence-electron chi connectivity index (χ2n) is 8.22. The van der Waals surface area contributed by atoms with Crippen molar-refractivity contribution in [2.45, 2.75) is 52.7 Å². The number of anilines is 1. The van der Waals surface area contributed by atoms with Crippen LogP contribution in [-0.2, 0) is 26.2 Å². The molecular weight excluding hydrogens is 445 g/mol. The van der Waals surface area contributed by atoms with Crippen molar-refractivity contribution in [3.05, 3.63) is 65.5 Å². The van der Waals surface area contributed by atoms with Crippen LogP contribution in [0.15, 0.2) is 48.5 Å². The summed E-state index contributed by atoms with van der Waals surface area (Å²) in [6.07, 6.45) is 1.63. The molecule has 2 unspecified atom stereocenters. The lowest BCUT2D eigenvalue weighted by atomic mass is 10.1. The Kier molecular flexibility index (Phi) is 8.99. The SMILES string of the molecule is CCC(C)NC(=O)C(C)N(Cc1ccc(C)cc1)C(=O)CN(c1ccccc1F)S(C)(=O)=O. The highest BCUT2D eigenvalue weighted by atomic mass is 32.2. The largest absolute Gasteiger partial charge is 0.352 e. The van der Waals surface area contributed by atoms with Crippen LogP contribution in [0.4, 0.5) is 10.1 Å². The summed E-state index contributed by atoms with van der Waals surface area (Å²) in [7, 11) is -3.97. The number of sulfonamides is 1. The van der Waals surface area contributed by atoms with E-state index < -0.39 is 34.3 Å². The van der Waals surface area contributed by atoms with Gasteiger partial charge in [0, 0.05) is 12.6 Å². The van der Waals surface area contributed by atoms with Crippen LogP contribution >= 0.6 is 0 Å². The maximum Gasteiger partial charge on any atom is 0.244 e. The summed E-state index contributed by atoms with van der Waals surface area (Å²) < 4.78 is 40.0.